The predicted molar refractivity (Wildman–Crippen MR) is 177 cm³/mol. The first-order chi connectivity index (χ1) is 20.6. The smallest absolute Gasteiger partial charge is 0.145 e. The number of hydrogen-bond donors (Lipinski definition) is 5. The first kappa shape index (κ1) is 37.3. The summed E-state index contributed by atoms with van der Waals surface area (Å²) in [5.74, 6) is -0.372. The molecule has 0 heterocycles. The van der Waals surface area contributed by atoms with E-state index in [2.05, 4.69) is 43.2 Å². The second-order valence-electron chi connectivity index (χ2n) is 12.5. The lowest BCUT2D eigenvalue weighted by Gasteiger charge is -2.57. The van der Waals surface area contributed by atoms with Gasteiger partial charge in [-0.1, -0.05) is 54.5 Å². The van der Waals surface area contributed by atoms with Crippen LogP contribution in [-0.4, -0.2) is 79.8 Å². The molecule has 5 atom stereocenters. The van der Waals surface area contributed by atoms with Crippen LogP contribution in [-0.2, 0) is 9.53 Å². The Morgan fingerprint density at radius 3 is 2.65 bits per heavy atom. The van der Waals surface area contributed by atoms with Gasteiger partial charge in [-0.2, -0.15) is 0 Å². The SMILES string of the molecule is C=C(C=CC=C(COCC)C1CCC2(C(CCCO)C(=C(C)C=O)CCC2(O)CCNC)C1O)CCC=C(C)CNCC. The minimum Gasteiger partial charge on any atom is -0.396 e. The van der Waals surface area contributed by atoms with Crippen molar-refractivity contribution < 1.29 is 24.9 Å². The third kappa shape index (κ3) is 9.56. The van der Waals surface area contributed by atoms with E-state index in [0.29, 0.717) is 63.9 Å². The van der Waals surface area contributed by atoms with Crippen LogP contribution in [0.5, 0.6) is 0 Å². The van der Waals surface area contributed by atoms with Crippen molar-refractivity contribution in [3.05, 3.63) is 58.7 Å². The second kappa shape index (κ2) is 18.8. The average molecular weight is 601 g/mol. The van der Waals surface area contributed by atoms with E-state index in [-0.39, 0.29) is 18.4 Å². The van der Waals surface area contributed by atoms with Crippen molar-refractivity contribution in [3.63, 3.8) is 0 Å². The molecule has 0 saturated heterocycles. The lowest BCUT2D eigenvalue weighted by Crippen LogP contribution is -2.61. The number of likely N-dealkylation sites (N-methyl/N-ethyl adjacent to an activating group) is 1. The molecule has 43 heavy (non-hydrogen) atoms. The van der Waals surface area contributed by atoms with E-state index in [1.54, 1.807) is 0 Å². The number of hydrogen-bond acceptors (Lipinski definition) is 7. The van der Waals surface area contributed by atoms with Crippen LogP contribution in [0.2, 0.25) is 0 Å². The van der Waals surface area contributed by atoms with Crippen molar-refractivity contribution in [1.82, 2.24) is 10.6 Å². The molecule has 0 bridgehead atoms. The molecule has 244 valence electrons. The quantitative estimate of drug-likeness (QED) is 0.0600. The third-order valence-corrected chi connectivity index (χ3v) is 9.82. The molecule has 0 radical (unpaired) electrons. The number of aliphatic hydroxyl groups is 3. The molecule has 7 nitrogen and oxygen atoms in total. The van der Waals surface area contributed by atoms with E-state index in [0.717, 1.165) is 55.4 Å². The van der Waals surface area contributed by atoms with Gasteiger partial charge >= 0.3 is 0 Å². The molecule has 7 heteroatoms. The van der Waals surface area contributed by atoms with E-state index < -0.39 is 17.1 Å². The zero-order valence-corrected chi connectivity index (χ0v) is 27.6. The molecule has 1 spiro atoms. The number of ether oxygens (including phenoxy) is 1. The molecule has 2 fully saturated rings. The summed E-state index contributed by atoms with van der Waals surface area (Å²) in [4.78, 5) is 12.0. The number of aldehydes is 1. The molecule has 2 aliphatic rings. The topological polar surface area (TPSA) is 111 Å². The molecule has 5 unspecified atom stereocenters. The first-order valence-electron chi connectivity index (χ1n) is 16.4. The Balaban J connectivity index is 2.41. The van der Waals surface area contributed by atoms with E-state index >= 15 is 0 Å². The number of carbonyl (C=O) groups excluding carboxylic acids is 1. The minimum atomic E-state index is -1.10. The molecule has 0 aliphatic heterocycles. The summed E-state index contributed by atoms with van der Waals surface area (Å²) in [5, 5.41) is 41.1. The maximum Gasteiger partial charge on any atom is 0.145 e. The predicted octanol–water partition coefficient (Wildman–Crippen LogP) is 5.19. The van der Waals surface area contributed by atoms with Crippen molar-refractivity contribution >= 4 is 6.29 Å². The highest BCUT2D eigenvalue weighted by Crippen LogP contribution is 2.63. The van der Waals surface area contributed by atoms with E-state index in [9.17, 15) is 20.1 Å². The standard InChI is InChI=1S/C36H60N2O5/c1-7-38-24-28(4)14-9-12-27(3)13-10-15-30(26-43-8-2)32-18-20-36(34(32)41)33(16-11-23-39)31(29(5)25-40)17-19-35(36,42)21-22-37-6/h10,13-15,25,32-34,37-39,41-42H,3,7-9,11-12,16-24,26H2,1-2,4-6H3. The molecule has 0 aromatic rings. The Bertz CT molecular complexity index is 1020. The summed E-state index contributed by atoms with van der Waals surface area (Å²) in [7, 11) is 1.88. The van der Waals surface area contributed by atoms with Crippen LogP contribution in [0, 0.1) is 17.3 Å². The minimum absolute atomic E-state index is 0.0314. The van der Waals surface area contributed by atoms with Gasteiger partial charge in [-0.15, -0.1) is 0 Å². The molecule has 0 amide bonds. The number of rotatable bonds is 19. The van der Waals surface area contributed by atoms with Crippen LogP contribution in [0.3, 0.4) is 0 Å². The van der Waals surface area contributed by atoms with Gasteiger partial charge in [0.1, 0.15) is 6.29 Å². The highest BCUT2D eigenvalue weighted by molar-refractivity contribution is 5.74. The van der Waals surface area contributed by atoms with Crippen LogP contribution in [0.1, 0.15) is 85.5 Å². The summed E-state index contributed by atoms with van der Waals surface area (Å²) < 4.78 is 5.89. The van der Waals surface area contributed by atoms with Gasteiger partial charge in [0.25, 0.3) is 0 Å². The summed E-state index contributed by atoms with van der Waals surface area (Å²) in [5.41, 5.74) is 3.17. The number of carbonyl (C=O) groups is 1. The fourth-order valence-corrected chi connectivity index (χ4v) is 7.47. The van der Waals surface area contributed by atoms with Crippen LogP contribution in [0.15, 0.2) is 58.7 Å². The van der Waals surface area contributed by atoms with Gasteiger partial charge < -0.3 is 30.7 Å². The molecule has 2 saturated carbocycles. The summed E-state index contributed by atoms with van der Waals surface area (Å²) in [6.07, 6.45) is 14.5. The van der Waals surface area contributed by atoms with Gasteiger partial charge in [-0.3, -0.25) is 4.79 Å². The van der Waals surface area contributed by atoms with Crippen molar-refractivity contribution in [1.29, 1.82) is 0 Å². The lowest BCUT2D eigenvalue weighted by atomic mass is 9.51. The monoisotopic (exact) mass is 600 g/mol. The zero-order valence-electron chi connectivity index (χ0n) is 27.6. The molecular weight excluding hydrogens is 540 g/mol. The fourth-order valence-electron chi connectivity index (χ4n) is 7.47. The van der Waals surface area contributed by atoms with Gasteiger partial charge in [0, 0.05) is 31.1 Å². The molecule has 5 N–H and O–H groups in total. The number of nitrogens with one attached hydrogen (secondary N) is 2. The highest BCUT2D eigenvalue weighted by atomic mass is 16.5. The maximum atomic E-state index is 12.4. The average Bonchev–Trinajstić information content (AvgIpc) is 3.34. The van der Waals surface area contributed by atoms with Crippen molar-refractivity contribution in [2.75, 3.05) is 46.5 Å². The molecular formula is C36H60N2O5. The van der Waals surface area contributed by atoms with Crippen molar-refractivity contribution in [3.8, 4) is 0 Å². The van der Waals surface area contributed by atoms with Gasteiger partial charge in [0.15, 0.2) is 0 Å². The Morgan fingerprint density at radius 2 is 2.00 bits per heavy atom. The van der Waals surface area contributed by atoms with Crippen LogP contribution < -0.4 is 10.6 Å². The first-order valence-corrected chi connectivity index (χ1v) is 16.4. The Labute approximate surface area is 261 Å². The Hall–Kier alpha value is -1.87. The molecule has 2 rings (SSSR count). The van der Waals surface area contributed by atoms with Gasteiger partial charge in [-0.25, -0.2) is 0 Å². The van der Waals surface area contributed by atoms with Crippen molar-refractivity contribution in [2.45, 2.75) is 97.2 Å². The Morgan fingerprint density at radius 1 is 1.23 bits per heavy atom. The van der Waals surface area contributed by atoms with E-state index in [1.165, 1.54) is 5.57 Å². The summed E-state index contributed by atoms with van der Waals surface area (Å²) in [6, 6.07) is 0. The fraction of sp³-hybridized carbons (Fsp3) is 0.694. The van der Waals surface area contributed by atoms with Gasteiger partial charge in [-0.05, 0) is 116 Å². The van der Waals surface area contributed by atoms with E-state index in [1.807, 2.05) is 33.0 Å². The van der Waals surface area contributed by atoms with Crippen LogP contribution >= 0.6 is 0 Å². The van der Waals surface area contributed by atoms with Crippen molar-refractivity contribution in [2.24, 2.45) is 17.3 Å². The molecule has 0 aromatic carbocycles. The number of aliphatic hydroxyl groups excluding tert-OH is 2. The highest BCUT2D eigenvalue weighted by Gasteiger charge is 2.65. The zero-order chi connectivity index (χ0) is 31.9. The summed E-state index contributed by atoms with van der Waals surface area (Å²) in [6.45, 7) is 15.8. The summed E-state index contributed by atoms with van der Waals surface area (Å²) >= 11 is 0. The second-order valence-corrected chi connectivity index (χ2v) is 12.5. The normalized spacial score (nSPS) is 29.5. The van der Waals surface area contributed by atoms with Gasteiger partial charge in [0.2, 0.25) is 0 Å². The molecule has 0 aromatic heterocycles. The molecule has 2 aliphatic carbocycles. The van der Waals surface area contributed by atoms with Gasteiger partial charge in [0.05, 0.1) is 18.3 Å². The Kier molecular flexibility index (Phi) is 16.3. The van der Waals surface area contributed by atoms with Crippen LogP contribution in [0.4, 0.5) is 0 Å². The largest absolute Gasteiger partial charge is 0.396 e. The third-order valence-electron chi connectivity index (χ3n) is 9.82. The maximum absolute atomic E-state index is 12.4. The van der Waals surface area contributed by atoms with E-state index in [4.69, 9.17) is 4.74 Å². The van der Waals surface area contributed by atoms with Crippen LogP contribution in [0.25, 0.3) is 0 Å². The number of allylic oxidation sites excluding steroid dienone is 7. The lowest BCUT2D eigenvalue weighted by molar-refractivity contribution is -0.180.